The van der Waals surface area contributed by atoms with Crippen molar-refractivity contribution in [1.29, 1.82) is 0 Å². The Balaban J connectivity index is 2.09. The fraction of sp³-hybridized carbons (Fsp3) is 0.619. The molecule has 0 bridgehead atoms. The van der Waals surface area contributed by atoms with Crippen LogP contribution in [0.3, 0.4) is 0 Å². The normalized spacial score (nSPS) is 24.9. The average molecular weight is 949 g/mol. The predicted molar refractivity (Wildman–Crippen MR) is 239 cm³/mol. The van der Waals surface area contributed by atoms with E-state index in [2.05, 4.69) is 37.2 Å². The van der Waals surface area contributed by atoms with Gasteiger partial charge in [-0.05, 0) is 68.6 Å². The van der Waals surface area contributed by atoms with Gasteiger partial charge in [-0.2, -0.15) is 0 Å². The van der Waals surface area contributed by atoms with Crippen molar-refractivity contribution in [3.63, 3.8) is 0 Å². The van der Waals surface area contributed by atoms with Crippen molar-refractivity contribution in [3.05, 3.63) is 23.8 Å². The van der Waals surface area contributed by atoms with Gasteiger partial charge in [0.2, 0.25) is 53.2 Å². The largest absolute Gasteiger partial charge is 0.506 e. The maximum atomic E-state index is 14.5. The summed E-state index contributed by atoms with van der Waals surface area (Å²) in [4.78, 5) is 132. The zero-order chi connectivity index (χ0) is 49.1. The highest BCUT2D eigenvalue weighted by Gasteiger charge is 2.44. The Kier molecular flexibility index (Phi) is 21.3. The number of carboxylic acid groups (broad SMARTS) is 1. The molecule has 1 aliphatic heterocycles. The van der Waals surface area contributed by atoms with Crippen LogP contribution in [0.15, 0.2) is 18.2 Å². The number of carbonyl (C=O) groups excluding carboxylic acids is 9. The summed E-state index contributed by atoms with van der Waals surface area (Å²) in [6.45, 7) is 3.48. The number of anilines is 1. The molecular formula is C42H64N10O13S. The van der Waals surface area contributed by atoms with Crippen molar-refractivity contribution in [2.75, 3.05) is 23.8 Å². The summed E-state index contributed by atoms with van der Waals surface area (Å²) >= 11 is 0. The lowest BCUT2D eigenvalue weighted by molar-refractivity contribution is -0.139. The van der Waals surface area contributed by atoms with Gasteiger partial charge in [-0.15, -0.1) is 0 Å². The van der Waals surface area contributed by atoms with E-state index in [-0.39, 0.29) is 81.7 Å². The van der Waals surface area contributed by atoms with E-state index >= 15 is 0 Å². The molecule has 1 aromatic rings. The highest BCUT2D eigenvalue weighted by molar-refractivity contribution is 7.85. The van der Waals surface area contributed by atoms with E-state index in [1.807, 2.05) is 0 Å². The number of carbonyl (C=O) groups is 10. The summed E-state index contributed by atoms with van der Waals surface area (Å²) in [5.41, 5.74) is 15.6. The summed E-state index contributed by atoms with van der Waals surface area (Å²) < 4.78 is 13.1. The Hall–Kier alpha value is -6.33. The molecule has 9 amide bonds. The Morgan fingerprint density at radius 3 is 2.09 bits per heavy atom. The minimum atomic E-state index is -2.13. The van der Waals surface area contributed by atoms with Crippen LogP contribution in [0, 0.1) is 5.92 Å². The number of nitrogens with one attached hydrogen (secondary N) is 7. The van der Waals surface area contributed by atoms with E-state index in [9.17, 15) is 62.4 Å². The second kappa shape index (κ2) is 26.0. The molecule has 1 heterocycles. The Labute approximate surface area is 384 Å². The number of amides is 9. The van der Waals surface area contributed by atoms with E-state index < -0.39 is 130 Å². The summed E-state index contributed by atoms with van der Waals surface area (Å²) in [6, 6.07) is -3.07. The van der Waals surface area contributed by atoms with Gasteiger partial charge in [0.1, 0.15) is 47.3 Å². The minimum Gasteiger partial charge on any atom is -0.506 e. The first kappa shape index (κ1) is 54.0. The number of hydrogen-bond donors (Lipinski definition) is 12. The standard InChI is InChI=1S/C42H64N10O13S/c1-23(2)17-27-39(62)50-28(19-24-12-13-31(53)25(43)18-24)40(63)52-42(14-5-3-6-15-42)41(64)51-29(20-32(44)54)37(60)46-16-7-4-10-33(55)48-30(36(45)59)21-66(65)22-34(56)47-26(38(61)49-27)9-8-11-35(57)58/h12-13,18,23,26-30,53H,3-11,14-17,19-22,43H2,1-2H3,(H2,44,54)(H2,45,59)(H,46,60)(H,47,56)(H,48,55)(H,49,61)(H,50,62)(H,51,64)(H,52,63)(H,57,58)/t26-,27-,28-,29-,30+,66+/m0/s1. The third kappa shape index (κ3) is 17.9. The molecule has 366 valence electrons. The second-order valence-corrected chi connectivity index (χ2v) is 18.6. The number of phenols is 1. The van der Waals surface area contributed by atoms with E-state index in [0.29, 0.717) is 24.8 Å². The molecule has 1 spiro atoms. The number of nitrogens with two attached hydrogens (primary N) is 3. The quantitative estimate of drug-likeness (QED) is 0.0805. The molecule has 1 saturated carbocycles. The number of aromatic hydroxyl groups is 1. The Morgan fingerprint density at radius 1 is 0.803 bits per heavy atom. The van der Waals surface area contributed by atoms with Gasteiger partial charge >= 0.3 is 5.97 Å². The second-order valence-electron chi connectivity index (χ2n) is 17.1. The molecule has 6 atom stereocenters. The highest BCUT2D eigenvalue weighted by atomic mass is 32.2. The molecule has 1 saturated heterocycles. The van der Waals surface area contributed by atoms with E-state index in [4.69, 9.17) is 17.2 Å². The van der Waals surface area contributed by atoms with Crippen LogP contribution in [0.4, 0.5) is 5.69 Å². The number of hydrogen-bond acceptors (Lipinski definition) is 13. The number of rotatable bonds is 11. The van der Waals surface area contributed by atoms with Crippen LogP contribution >= 0.6 is 0 Å². The third-order valence-electron chi connectivity index (χ3n) is 11.0. The van der Waals surface area contributed by atoms with Gasteiger partial charge in [0.15, 0.2) is 0 Å². The summed E-state index contributed by atoms with van der Waals surface area (Å²) in [5.74, 6) is -10.8. The van der Waals surface area contributed by atoms with Gasteiger partial charge in [-0.1, -0.05) is 39.2 Å². The molecule has 66 heavy (non-hydrogen) atoms. The molecule has 24 heteroatoms. The number of primary amides is 2. The summed E-state index contributed by atoms with van der Waals surface area (Å²) in [5, 5.41) is 37.4. The van der Waals surface area contributed by atoms with E-state index in [0.717, 1.165) is 0 Å². The minimum absolute atomic E-state index is 0.00619. The smallest absolute Gasteiger partial charge is 0.303 e. The van der Waals surface area contributed by atoms with E-state index in [1.165, 1.54) is 18.2 Å². The first-order valence-corrected chi connectivity index (χ1v) is 23.4. The van der Waals surface area contributed by atoms with Gasteiger partial charge < -0.3 is 64.6 Å². The monoisotopic (exact) mass is 948 g/mol. The van der Waals surface area contributed by atoms with Gasteiger partial charge in [0.05, 0.1) is 17.9 Å². The molecule has 2 fully saturated rings. The predicted octanol–water partition coefficient (Wildman–Crippen LogP) is -2.53. The zero-order valence-electron chi connectivity index (χ0n) is 37.2. The van der Waals surface area contributed by atoms with Gasteiger partial charge in [0, 0.05) is 36.6 Å². The topological polar surface area (TPSA) is 390 Å². The van der Waals surface area contributed by atoms with Gasteiger partial charge in [-0.3, -0.25) is 52.2 Å². The lowest BCUT2D eigenvalue weighted by Crippen LogP contribution is -2.66. The number of phenolic OH excluding ortho intramolecular Hbond substituents is 1. The number of benzene rings is 1. The maximum Gasteiger partial charge on any atom is 0.303 e. The fourth-order valence-electron chi connectivity index (χ4n) is 7.58. The zero-order valence-corrected chi connectivity index (χ0v) is 38.1. The summed E-state index contributed by atoms with van der Waals surface area (Å²) in [7, 11) is -2.13. The molecule has 1 aromatic carbocycles. The molecule has 0 aromatic heterocycles. The Bertz CT molecular complexity index is 1990. The molecule has 0 radical (unpaired) electrons. The molecule has 1 aliphatic carbocycles. The SMILES string of the molecule is CC(C)C[C@@H]1NC(=O)[C@H](CCCC(=O)O)NC(=O)C[S@](=O)C[C@H](C(N)=O)NC(=O)CCCCNC(=O)[C@H](CC(N)=O)NC(=O)C2(CCCCC2)NC(=O)[C@H](Cc2ccc(O)c(N)c2)NC1=O. The third-order valence-corrected chi connectivity index (χ3v) is 12.3. The molecule has 0 unspecified atom stereocenters. The lowest BCUT2D eigenvalue weighted by Gasteiger charge is -2.38. The van der Waals surface area contributed by atoms with Crippen LogP contribution in [-0.2, 0) is 65.2 Å². The molecule has 23 nitrogen and oxygen atoms in total. The van der Waals surface area contributed by atoms with Crippen LogP contribution in [0.1, 0.15) is 103 Å². The number of carboxylic acids is 1. The average Bonchev–Trinajstić information content (AvgIpc) is 3.22. The van der Waals surface area contributed by atoms with Gasteiger partial charge in [0.25, 0.3) is 0 Å². The van der Waals surface area contributed by atoms with Crippen molar-refractivity contribution >= 4 is 75.6 Å². The van der Waals surface area contributed by atoms with Crippen molar-refractivity contribution in [3.8, 4) is 5.75 Å². The van der Waals surface area contributed by atoms with Crippen molar-refractivity contribution < 1.29 is 62.4 Å². The van der Waals surface area contributed by atoms with E-state index in [1.54, 1.807) is 13.8 Å². The van der Waals surface area contributed by atoms with Crippen LogP contribution in [0.5, 0.6) is 5.75 Å². The molecule has 3 rings (SSSR count). The summed E-state index contributed by atoms with van der Waals surface area (Å²) in [6.07, 6.45) is 0.506. The first-order chi connectivity index (χ1) is 31.1. The number of nitrogen functional groups attached to an aromatic ring is 1. The Morgan fingerprint density at radius 2 is 1.47 bits per heavy atom. The van der Waals surface area contributed by atoms with Crippen LogP contribution in [-0.4, -0.2) is 127 Å². The fourth-order valence-corrected chi connectivity index (χ4v) is 8.69. The van der Waals surface area contributed by atoms with Crippen LogP contribution in [0.25, 0.3) is 0 Å². The maximum absolute atomic E-state index is 14.5. The van der Waals surface area contributed by atoms with Crippen molar-refractivity contribution in [1.82, 2.24) is 37.2 Å². The number of aliphatic carboxylic acids is 1. The van der Waals surface area contributed by atoms with Gasteiger partial charge in [-0.25, -0.2) is 0 Å². The van der Waals surface area contributed by atoms with Crippen LogP contribution < -0.4 is 54.4 Å². The molecular weight excluding hydrogens is 885 g/mol. The van der Waals surface area contributed by atoms with Crippen LogP contribution in [0.2, 0.25) is 0 Å². The van der Waals surface area contributed by atoms with Crippen molar-refractivity contribution in [2.24, 2.45) is 17.4 Å². The lowest BCUT2D eigenvalue weighted by atomic mass is 9.80. The van der Waals surface area contributed by atoms with Crippen molar-refractivity contribution in [2.45, 2.75) is 139 Å². The highest BCUT2D eigenvalue weighted by Crippen LogP contribution is 2.29. The first-order valence-electron chi connectivity index (χ1n) is 21.9. The molecule has 2 aliphatic rings. The molecule has 15 N–H and O–H groups in total.